The van der Waals surface area contributed by atoms with E-state index in [4.69, 9.17) is 11.6 Å². The normalized spacial score (nSPS) is 11.2. The van der Waals surface area contributed by atoms with Crippen molar-refractivity contribution in [2.45, 2.75) is 25.6 Å². The van der Waals surface area contributed by atoms with Gasteiger partial charge in [-0.2, -0.15) is 0 Å². The van der Waals surface area contributed by atoms with E-state index in [1.165, 1.54) is 0 Å². The van der Waals surface area contributed by atoms with Gasteiger partial charge in [-0.05, 0) is 24.1 Å². The zero-order chi connectivity index (χ0) is 17.6. The van der Waals surface area contributed by atoms with Gasteiger partial charge in [0.05, 0.1) is 11.5 Å². The van der Waals surface area contributed by atoms with Crippen LogP contribution in [0.5, 0.6) is 0 Å². The van der Waals surface area contributed by atoms with E-state index >= 15 is 0 Å². The van der Waals surface area contributed by atoms with Gasteiger partial charge in [-0.3, -0.25) is 4.79 Å². The molecule has 0 saturated carbocycles. The molecular formula is C18H20ClNO3S. The monoisotopic (exact) mass is 365 g/mol. The number of nitrogens with one attached hydrogen (secondary N) is 1. The van der Waals surface area contributed by atoms with E-state index in [1.807, 2.05) is 43.3 Å². The predicted molar refractivity (Wildman–Crippen MR) is 96.6 cm³/mol. The van der Waals surface area contributed by atoms with Gasteiger partial charge in [0.25, 0.3) is 0 Å². The van der Waals surface area contributed by atoms with Gasteiger partial charge in [-0.15, -0.1) is 0 Å². The third-order valence-electron chi connectivity index (χ3n) is 3.54. The molecule has 2 aromatic rings. The highest BCUT2D eigenvalue weighted by Crippen LogP contribution is 2.14. The first-order valence-corrected chi connectivity index (χ1v) is 9.82. The minimum absolute atomic E-state index is 0.0491. The first-order valence-electron chi connectivity index (χ1n) is 7.62. The molecule has 0 saturated heterocycles. The number of halogens is 1. The second-order valence-electron chi connectivity index (χ2n) is 5.70. The summed E-state index contributed by atoms with van der Waals surface area (Å²) in [5, 5.41) is 3.27. The van der Waals surface area contributed by atoms with Crippen molar-refractivity contribution in [3.63, 3.8) is 0 Å². The average Bonchev–Trinajstić information content (AvgIpc) is 2.52. The molecule has 0 fully saturated rings. The van der Waals surface area contributed by atoms with Crippen molar-refractivity contribution in [3.8, 4) is 0 Å². The number of rotatable bonds is 7. The van der Waals surface area contributed by atoms with Crippen LogP contribution in [0.3, 0.4) is 0 Å². The van der Waals surface area contributed by atoms with Crippen molar-refractivity contribution < 1.29 is 13.2 Å². The molecule has 2 aromatic carbocycles. The molecule has 1 N–H and O–H groups in total. The lowest BCUT2D eigenvalue weighted by atomic mass is 10.2. The van der Waals surface area contributed by atoms with Crippen molar-refractivity contribution >= 4 is 27.3 Å². The number of benzene rings is 2. The van der Waals surface area contributed by atoms with Gasteiger partial charge in [0.15, 0.2) is 9.84 Å². The summed E-state index contributed by atoms with van der Waals surface area (Å²) in [5.41, 5.74) is 2.56. The molecule has 4 nitrogen and oxygen atoms in total. The largest absolute Gasteiger partial charge is 0.352 e. The Morgan fingerprint density at radius 3 is 2.58 bits per heavy atom. The van der Waals surface area contributed by atoms with Crippen molar-refractivity contribution in [1.29, 1.82) is 0 Å². The number of hydrogen-bond donors (Lipinski definition) is 1. The highest BCUT2D eigenvalue weighted by Gasteiger charge is 2.15. The molecular weight excluding hydrogens is 346 g/mol. The van der Waals surface area contributed by atoms with Gasteiger partial charge in [0, 0.05) is 18.0 Å². The van der Waals surface area contributed by atoms with Gasteiger partial charge in [0.1, 0.15) is 0 Å². The zero-order valence-electron chi connectivity index (χ0n) is 13.5. The summed E-state index contributed by atoms with van der Waals surface area (Å²) in [6, 6.07) is 14.6. The van der Waals surface area contributed by atoms with Crippen LogP contribution in [-0.2, 0) is 26.9 Å². The van der Waals surface area contributed by atoms with Crippen LogP contribution in [-0.4, -0.2) is 20.1 Å². The van der Waals surface area contributed by atoms with Crippen LogP contribution in [0.15, 0.2) is 48.5 Å². The van der Waals surface area contributed by atoms with Crippen molar-refractivity contribution in [2.75, 3.05) is 5.75 Å². The van der Waals surface area contributed by atoms with Gasteiger partial charge in [-0.1, -0.05) is 59.6 Å². The first kappa shape index (κ1) is 18.5. The maximum atomic E-state index is 12.1. The van der Waals surface area contributed by atoms with E-state index in [1.54, 1.807) is 12.1 Å². The molecule has 0 unspecified atom stereocenters. The second-order valence-corrected chi connectivity index (χ2v) is 8.29. The quantitative estimate of drug-likeness (QED) is 0.819. The number of carbonyl (C=O) groups is 1. The summed E-state index contributed by atoms with van der Waals surface area (Å²) >= 11 is 6.01. The molecule has 1 amide bonds. The average molecular weight is 366 g/mol. The second kappa shape index (κ2) is 8.31. The van der Waals surface area contributed by atoms with Crippen LogP contribution in [0.25, 0.3) is 0 Å². The van der Waals surface area contributed by atoms with Crippen molar-refractivity contribution in [1.82, 2.24) is 5.32 Å². The third-order valence-corrected chi connectivity index (χ3v) is 5.51. The Kier molecular flexibility index (Phi) is 6.40. The lowest BCUT2D eigenvalue weighted by molar-refractivity contribution is -0.120. The van der Waals surface area contributed by atoms with E-state index in [9.17, 15) is 13.2 Å². The minimum Gasteiger partial charge on any atom is -0.352 e. The molecule has 0 aliphatic carbocycles. The smallest absolute Gasteiger partial charge is 0.221 e. The number of aryl methyl sites for hydroxylation is 1. The molecule has 0 radical (unpaired) electrons. The molecule has 0 aromatic heterocycles. The molecule has 0 spiro atoms. The number of amides is 1. The van der Waals surface area contributed by atoms with Gasteiger partial charge >= 0.3 is 0 Å². The van der Waals surface area contributed by atoms with Crippen LogP contribution in [0, 0.1) is 6.92 Å². The molecule has 0 aliphatic rings. The molecule has 0 heterocycles. The topological polar surface area (TPSA) is 63.2 Å². The molecule has 0 atom stereocenters. The molecule has 2 rings (SSSR count). The number of hydrogen-bond acceptors (Lipinski definition) is 3. The summed E-state index contributed by atoms with van der Waals surface area (Å²) < 4.78 is 24.3. The SMILES string of the molecule is Cc1cccc(CS(=O)(=O)CCC(=O)NCc2ccccc2Cl)c1. The van der Waals surface area contributed by atoms with E-state index in [-0.39, 0.29) is 30.4 Å². The Morgan fingerprint density at radius 2 is 1.88 bits per heavy atom. The Labute approximate surface area is 147 Å². The molecule has 6 heteroatoms. The third kappa shape index (κ3) is 5.98. The molecule has 0 bridgehead atoms. The Balaban J connectivity index is 1.83. The van der Waals surface area contributed by atoms with Gasteiger partial charge in [0.2, 0.25) is 5.91 Å². The Hall–Kier alpha value is -1.85. The summed E-state index contributed by atoms with van der Waals surface area (Å²) in [6.45, 7) is 2.20. The molecule has 128 valence electrons. The van der Waals surface area contributed by atoms with Crippen LogP contribution >= 0.6 is 11.6 Å². The first-order chi connectivity index (χ1) is 11.4. The van der Waals surface area contributed by atoms with E-state index < -0.39 is 9.84 Å². The van der Waals surface area contributed by atoms with Crippen LogP contribution in [0.4, 0.5) is 0 Å². The Morgan fingerprint density at radius 1 is 1.12 bits per heavy atom. The molecule has 0 aliphatic heterocycles. The number of sulfone groups is 1. The van der Waals surface area contributed by atoms with Gasteiger partial charge in [-0.25, -0.2) is 8.42 Å². The van der Waals surface area contributed by atoms with E-state index in [2.05, 4.69) is 5.32 Å². The lowest BCUT2D eigenvalue weighted by Gasteiger charge is -2.08. The lowest BCUT2D eigenvalue weighted by Crippen LogP contribution is -2.25. The summed E-state index contributed by atoms with van der Waals surface area (Å²) in [7, 11) is -3.32. The highest BCUT2D eigenvalue weighted by molar-refractivity contribution is 7.90. The van der Waals surface area contributed by atoms with Crippen molar-refractivity contribution in [2.24, 2.45) is 0 Å². The maximum Gasteiger partial charge on any atom is 0.221 e. The summed E-state index contributed by atoms with van der Waals surface area (Å²) in [6.07, 6.45) is -0.0569. The fourth-order valence-electron chi connectivity index (χ4n) is 2.30. The minimum atomic E-state index is -3.32. The van der Waals surface area contributed by atoms with E-state index in [0.717, 1.165) is 16.7 Å². The van der Waals surface area contributed by atoms with Crippen LogP contribution in [0.2, 0.25) is 5.02 Å². The predicted octanol–water partition coefficient (Wildman–Crippen LogP) is 3.27. The highest BCUT2D eigenvalue weighted by atomic mass is 35.5. The number of carbonyl (C=O) groups excluding carboxylic acids is 1. The van der Waals surface area contributed by atoms with Crippen molar-refractivity contribution in [3.05, 3.63) is 70.2 Å². The van der Waals surface area contributed by atoms with Crippen LogP contribution < -0.4 is 5.32 Å². The maximum absolute atomic E-state index is 12.1. The summed E-state index contributed by atoms with van der Waals surface area (Å²) in [4.78, 5) is 11.9. The summed E-state index contributed by atoms with van der Waals surface area (Å²) in [5.74, 6) is -0.523. The fraction of sp³-hybridized carbons (Fsp3) is 0.278. The Bertz CT molecular complexity index is 819. The van der Waals surface area contributed by atoms with Crippen LogP contribution in [0.1, 0.15) is 23.1 Å². The van der Waals surface area contributed by atoms with Gasteiger partial charge < -0.3 is 5.32 Å². The standard InChI is InChI=1S/C18H20ClNO3S/c1-14-5-4-6-15(11-14)13-24(22,23)10-9-18(21)20-12-16-7-2-3-8-17(16)19/h2-8,11H,9-10,12-13H2,1H3,(H,20,21). The fourth-order valence-corrected chi connectivity index (χ4v) is 3.83. The molecule has 24 heavy (non-hydrogen) atoms. The van der Waals surface area contributed by atoms with E-state index in [0.29, 0.717) is 5.02 Å². The zero-order valence-corrected chi connectivity index (χ0v) is 15.0.